The number of nitrogens with two attached hydrogens (primary N) is 1. The molecule has 0 saturated carbocycles. The van der Waals surface area contributed by atoms with Gasteiger partial charge in [-0.2, -0.15) is 0 Å². The molecule has 1 atom stereocenters. The lowest BCUT2D eigenvalue weighted by molar-refractivity contribution is 0.606. The molecule has 0 radical (unpaired) electrons. The zero-order valence-corrected chi connectivity index (χ0v) is 13.4. The van der Waals surface area contributed by atoms with Crippen LogP contribution >= 0.6 is 0 Å². The Labute approximate surface area is 138 Å². The van der Waals surface area contributed by atoms with Crippen LogP contribution in [0, 0.1) is 6.92 Å². The van der Waals surface area contributed by atoms with Gasteiger partial charge in [-0.1, -0.05) is 78.4 Å². The molecule has 3 N–H and O–H groups in total. The fourth-order valence-corrected chi connectivity index (χ4v) is 2.75. The fourth-order valence-electron chi connectivity index (χ4n) is 2.75. The minimum atomic E-state index is 0.0821. The summed E-state index contributed by atoms with van der Waals surface area (Å²) >= 11 is 0. The Morgan fingerprint density at radius 1 is 0.826 bits per heavy atom. The smallest absolute Gasteiger partial charge is 0.0599 e. The summed E-state index contributed by atoms with van der Waals surface area (Å²) in [6, 6.07) is 27.2. The van der Waals surface area contributed by atoms with Crippen LogP contribution in [0.4, 0.5) is 5.69 Å². The molecular weight excluding hydrogens is 280 g/mol. The zero-order chi connectivity index (χ0) is 16.1. The van der Waals surface area contributed by atoms with E-state index in [0.29, 0.717) is 0 Å². The summed E-state index contributed by atoms with van der Waals surface area (Å²) < 4.78 is 0. The van der Waals surface area contributed by atoms with Gasteiger partial charge in [-0.05, 0) is 29.7 Å². The Bertz CT molecular complexity index is 748. The maximum atomic E-state index is 6.21. The molecule has 0 amide bonds. The number of aryl methyl sites for hydroxylation is 1. The largest absolute Gasteiger partial charge is 0.398 e. The molecular formula is C21H22N2. The number of rotatable bonds is 5. The summed E-state index contributed by atoms with van der Waals surface area (Å²) in [5, 5.41) is 3.65. The second-order valence-corrected chi connectivity index (χ2v) is 5.84. The number of benzene rings is 3. The van der Waals surface area contributed by atoms with Gasteiger partial charge >= 0.3 is 0 Å². The van der Waals surface area contributed by atoms with E-state index in [1.165, 1.54) is 16.7 Å². The highest BCUT2D eigenvalue weighted by Gasteiger charge is 2.15. The molecule has 0 aliphatic carbocycles. The molecule has 2 nitrogen and oxygen atoms in total. The maximum Gasteiger partial charge on any atom is 0.0599 e. The van der Waals surface area contributed by atoms with Crippen molar-refractivity contribution in [3.8, 4) is 0 Å². The van der Waals surface area contributed by atoms with E-state index >= 15 is 0 Å². The Hall–Kier alpha value is -2.58. The van der Waals surface area contributed by atoms with E-state index in [1.54, 1.807) is 0 Å². The number of anilines is 1. The molecule has 0 saturated heterocycles. The van der Waals surface area contributed by atoms with Crippen molar-refractivity contribution in [2.45, 2.75) is 19.5 Å². The SMILES string of the molecule is Cc1ccc(CNC(c2ccccc2)c2ccccc2N)cc1. The number of nitrogen functional groups attached to an aromatic ring is 1. The van der Waals surface area contributed by atoms with E-state index < -0.39 is 0 Å². The average Bonchev–Trinajstić information content (AvgIpc) is 2.59. The third kappa shape index (κ3) is 3.79. The van der Waals surface area contributed by atoms with Gasteiger partial charge in [0.25, 0.3) is 0 Å². The maximum absolute atomic E-state index is 6.21. The van der Waals surface area contributed by atoms with Crippen molar-refractivity contribution in [2.24, 2.45) is 0 Å². The predicted octanol–water partition coefficient (Wildman–Crippen LogP) is 4.46. The number of hydrogen-bond donors (Lipinski definition) is 2. The van der Waals surface area contributed by atoms with E-state index in [1.807, 2.05) is 24.3 Å². The molecule has 116 valence electrons. The van der Waals surface area contributed by atoms with Crippen LogP contribution in [-0.4, -0.2) is 0 Å². The topological polar surface area (TPSA) is 38.0 Å². The molecule has 3 aromatic rings. The molecule has 0 aliphatic heterocycles. The third-order valence-corrected chi connectivity index (χ3v) is 4.07. The molecule has 0 aromatic heterocycles. The molecule has 0 bridgehead atoms. The standard InChI is InChI=1S/C21H22N2/c1-16-11-13-17(14-12-16)15-23-21(18-7-3-2-4-8-18)19-9-5-6-10-20(19)22/h2-14,21,23H,15,22H2,1H3. The predicted molar refractivity (Wildman–Crippen MR) is 97.2 cm³/mol. The first-order valence-electron chi connectivity index (χ1n) is 7.92. The van der Waals surface area contributed by atoms with Gasteiger partial charge in [0.1, 0.15) is 0 Å². The van der Waals surface area contributed by atoms with Crippen molar-refractivity contribution in [1.29, 1.82) is 0 Å². The van der Waals surface area contributed by atoms with Crippen LogP contribution in [0.3, 0.4) is 0 Å². The summed E-state index contributed by atoms with van der Waals surface area (Å²) in [4.78, 5) is 0. The lowest BCUT2D eigenvalue weighted by atomic mass is 9.97. The van der Waals surface area contributed by atoms with E-state index in [0.717, 1.165) is 17.8 Å². The van der Waals surface area contributed by atoms with Crippen molar-refractivity contribution >= 4 is 5.69 Å². The van der Waals surface area contributed by atoms with Gasteiger partial charge in [0, 0.05) is 12.2 Å². The fraction of sp³-hybridized carbons (Fsp3) is 0.143. The summed E-state index contributed by atoms with van der Waals surface area (Å²) in [7, 11) is 0. The van der Waals surface area contributed by atoms with E-state index in [2.05, 4.69) is 66.8 Å². The average molecular weight is 302 g/mol. The number of hydrogen-bond acceptors (Lipinski definition) is 2. The lowest BCUT2D eigenvalue weighted by Crippen LogP contribution is -2.23. The van der Waals surface area contributed by atoms with Gasteiger partial charge in [0.05, 0.1) is 6.04 Å². The van der Waals surface area contributed by atoms with Crippen molar-refractivity contribution in [2.75, 3.05) is 5.73 Å². The van der Waals surface area contributed by atoms with Gasteiger partial charge in [-0.25, -0.2) is 0 Å². The van der Waals surface area contributed by atoms with E-state index in [4.69, 9.17) is 5.73 Å². The minimum absolute atomic E-state index is 0.0821. The highest BCUT2D eigenvalue weighted by molar-refractivity contribution is 5.51. The van der Waals surface area contributed by atoms with Crippen LogP contribution in [0.1, 0.15) is 28.3 Å². The van der Waals surface area contributed by atoms with Crippen LogP contribution in [0.5, 0.6) is 0 Å². The summed E-state index contributed by atoms with van der Waals surface area (Å²) in [6.07, 6.45) is 0. The Kier molecular flexibility index (Phi) is 4.74. The molecule has 0 heterocycles. The van der Waals surface area contributed by atoms with E-state index in [-0.39, 0.29) is 6.04 Å². The lowest BCUT2D eigenvalue weighted by Gasteiger charge is -2.21. The van der Waals surface area contributed by atoms with Crippen LogP contribution in [0.25, 0.3) is 0 Å². The second kappa shape index (κ2) is 7.12. The van der Waals surface area contributed by atoms with Crippen molar-refractivity contribution in [3.05, 3.63) is 101 Å². The van der Waals surface area contributed by atoms with Crippen LogP contribution in [0.2, 0.25) is 0 Å². The van der Waals surface area contributed by atoms with Gasteiger partial charge in [-0.15, -0.1) is 0 Å². The van der Waals surface area contributed by atoms with Crippen LogP contribution in [-0.2, 0) is 6.54 Å². The summed E-state index contributed by atoms with van der Waals surface area (Å²) in [5.41, 5.74) is 11.9. The first kappa shape index (κ1) is 15.3. The number of nitrogens with one attached hydrogen (secondary N) is 1. The Morgan fingerprint density at radius 2 is 1.48 bits per heavy atom. The van der Waals surface area contributed by atoms with Gasteiger partial charge in [-0.3, -0.25) is 0 Å². The summed E-state index contributed by atoms with van der Waals surface area (Å²) in [5.74, 6) is 0. The van der Waals surface area contributed by atoms with Crippen molar-refractivity contribution in [1.82, 2.24) is 5.32 Å². The first-order chi connectivity index (χ1) is 11.2. The molecule has 3 aromatic carbocycles. The highest BCUT2D eigenvalue weighted by atomic mass is 14.9. The highest BCUT2D eigenvalue weighted by Crippen LogP contribution is 2.27. The quantitative estimate of drug-likeness (QED) is 0.683. The van der Waals surface area contributed by atoms with E-state index in [9.17, 15) is 0 Å². The van der Waals surface area contributed by atoms with Crippen LogP contribution < -0.4 is 11.1 Å². The second-order valence-electron chi connectivity index (χ2n) is 5.84. The Balaban J connectivity index is 1.87. The monoisotopic (exact) mass is 302 g/mol. The van der Waals surface area contributed by atoms with Gasteiger partial charge in [0.15, 0.2) is 0 Å². The number of para-hydroxylation sites is 1. The van der Waals surface area contributed by atoms with Gasteiger partial charge in [0.2, 0.25) is 0 Å². The minimum Gasteiger partial charge on any atom is -0.398 e. The molecule has 0 spiro atoms. The normalized spacial score (nSPS) is 12.0. The van der Waals surface area contributed by atoms with Crippen LogP contribution in [0.15, 0.2) is 78.9 Å². The summed E-state index contributed by atoms with van der Waals surface area (Å²) in [6.45, 7) is 2.91. The molecule has 2 heteroatoms. The van der Waals surface area contributed by atoms with Crippen molar-refractivity contribution < 1.29 is 0 Å². The molecule has 3 rings (SSSR count). The Morgan fingerprint density at radius 3 is 2.17 bits per heavy atom. The van der Waals surface area contributed by atoms with Crippen molar-refractivity contribution in [3.63, 3.8) is 0 Å². The molecule has 1 unspecified atom stereocenters. The molecule has 0 aliphatic rings. The molecule has 23 heavy (non-hydrogen) atoms. The zero-order valence-electron chi connectivity index (χ0n) is 13.4. The van der Waals surface area contributed by atoms with Gasteiger partial charge < -0.3 is 11.1 Å². The molecule has 0 fully saturated rings. The first-order valence-corrected chi connectivity index (χ1v) is 7.92. The third-order valence-electron chi connectivity index (χ3n) is 4.07.